The van der Waals surface area contributed by atoms with Crippen LogP contribution in [0.2, 0.25) is 0 Å². The molecule has 1 amide bonds. The van der Waals surface area contributed by atoms with Crippen molar-refractivity contribution in [3.05, 3.63) is 56.6 Å². The Balaban J connectivity index is 2.16. The van der Waals surface area contributed by atoms with Crippen molar-refractivity contribution in [1.82, 2.24) is 0 Å². The number of ether oxygens (including phenoxy) is 1. The van der Waals surface area contributed by atoms with Crippen molar-refractivity contribution >= 4 is 29.0 Å². The zero-order valence-corrected chi connectivity index (χ0v) is 16.3. The third-order valence-electron chi connectivity index (χ3n) is 4.31. The fourth-order valence-corrected chi connectivity index (χ4v) is 3.73. The number of nitro groups is 1. The number of thioether (sulfide) groups is 1. The van der Waals surface area contributed by atoms with Gasteiger partial charge >= 0.3 is 0 Å². The first-order chi connectivity index (χ1) is 12.2. The van der Waals surface area contributed by atoms with E-state index in [9.17, 15) is 14.9 Å². The Kier molecular flexibility index (Phi) is 6.26. The summed E-state index contributed by atoms with van der Waals surface area (Å²) in [5, 5.41) is 13.6. The molecule has 7 heteroatoms. The number of anilines is 1. The van der Waals surface area contributed by atoms with Gasteiger partial charge < -0.3 is 10.1 Å². The molecule has 0 saturated carbocycles. The molecule has 0 bridgehead atoms. The summed E-state index contributed by atoms with van der Waals surface area (Å²) in [5.74, 6) is 0.343. The Hall–Kier alpha value is -2.54. The summed E-state index contributed by atoms with van der Waals surface area (Å²) in [6.07, 6.45) is 0. The fourth-order valence-electron chi connectivity index (χ4n) is 2.63. The summed E-state index contributed by atoms with van der Waals surface area (Å²) in [7, 11) is 1.45. The fraction of sp³-hybridized carbons (Fsp3) is 0.316. The first-order valence-corrected chi connectivity index (χ1v) is 9.05. The number of carbonyl (C=O) groups excluding carboxylic acids is 1. The Morgan fingerprint density at radius 2 is 1.77 bits per heavy atom. The molecule has 6 nitrogen and oxygen atoms in total. The zero-order chi connectivity index (χ0) is 19.4. The number of carbonyl (C=O) groups is 1. The largest absolute Gasteiger partial charge is 0.495 e. The number of nitrogens with one attached hydrogen (secondary N) is 1. The van der Waals surface area contributed by atoms with E-state index in [4.69, 9.17) is 4.74 Å². The lowest BCUT2D eigenvalue weighted by Crippen LogP contribution is -2.15. The maximum Gasteiger partial charge on any atom is 0.271 e. The molecule has 0 aliphatic rings. The number of rotatable bonds is 6. The van der Waals surface area contributed by atoms with Gasteiger partial charge in [-0.3, -0.25) is 14.9 Å². The van der Waals surface area contributed by atoms with Crippen molar-refractivity contribution in [3.63, 3.8) is 0 Å². The molecule has 0 fully saturated rings. The van der Waals surface area contributed by atoms with E-state index < -0.39 is 4.92 Å². The van der Waals surface area contributed by atoms with Crippen molar-refractivity contribution in [2.45, 2.75) is 32.6 Å². The van der Waals surface area contributed by atoms with Crippen LogP contribution in [0.1, 0.15) is 22.3 Å². The summed E-state index contributed by atoms with van der Waals surface area (Å²) in [5.41, 5.74) is 4.90. The molecule has 0 aliphatic carbocycles. The topological polar surface area (TPSA) is 81.5 Å². The molecule has 0 spiro atoms. The van der Waals surface area contributed by atoms with Gasteiger partial charge in [-0.05, 0) is 56.0 Å². The molecule has 0 unspecified atom stereocenters. The molecule has 26 heavy (non-hydrogen) atoms. The number of hydrogen-bond donors (Lipinski definition) is 1. The van der Waals surface area contributed by atoms with E-state index in [0.29, 0.717) is 11.4 Å². The minimum atomic E-state index is -0.508. The highest BCUT2D eigenvalue weighted by Crippen LogP contribution is 2.32. The highest BCUT2D eigenvalue weighted by atomic mass is 32.2. The lowest BCUT2D eigenvalue weighted by molar-refractivity contribution is -0.384. The lowest BCUT2D eigenvalue weighted by atomic mass is 10.0. The van der Waals surface area contributed by atoms with Gasteiger partial charge in [0.15, 0.2) is 0 Å². The van der Waals surface area contributed by atoms with Crippen molar-refractivity contribution in [2.75, 3.05) is 18.2 Å². The summed E-state index contributed by atoms with van der Waals surface area (Å²) in [6.45, 7) is 8.21. The highest BCUT2D eigenvalue weighted by Gasteiger charge is 2.15. The SMILES string of the molecule is COc1ccc([N+](=O)[O-])cc1NC(=O)CSc1c(C)c(C)cc(C)c1C. The Morgan fingerprint density at radius 1 is 1.15 bits per heavy atom. The van der Waals surface area contributed by atoms with Crippen molar-refractivity contribution in [2.24, 2.45) is 0 Å². The Morgan fingerprint density at radius 3 is 2.31 bits per heavy atom. The molecule has 2 rings (SSSR count). The number of non-ortho nitro benzene ring substituents is 1. The van der Waals surface area contributed by atoms with Gasteiger partial charge in [0.05, 0.1) is 23.5 Å². The molecule has 0 radical (unpaired) electrons. The predicted molar refractivity (Wildman–Crippen MR) is 104 cm³/mol. The van der Waals surface area contributed by atoms with Crippen LogP contribution in [0.15, 0.2) is 29.2 Å². The van der Waals surface area contributed by atoms with Crippen molar-refractivity contribution in [3.8, 4) is 5.75 Å². The Bertz CT molecular complexity index is 839. The van der Waals surface area contributed by atoms with E-state index in [1.54, 1.807) is 0 Å². The van der Waals surface area contributed by atoms with Crippen LogP contribution < -0.4 is 10.1 Å². The zero-order valence-electron chi connectivity index (χ0n) is 15.5. The standard InChI is InChI=1S/C19H22N2O4S/c1-11-8-12(2)14(4)19(13(11)3)26-10-18(22)20-16-9-15(21(23)24)6-7-17(16)25-5/h6-9H,10H2,1-5H3,(H,20,22). The van der Waals surface area contributed by atoms with Crippen molar-refractivity contribution < 1.29 is 14.5 Å². The number of nitro benzene ring substituents is 1. The number of amides is 1. The van der Waals surface area contributed by atoms with E-state index in [1.807, 2.05) is 13.8 Å². The van der Waals surface area contributed by atoms with Gasteiger partial charge in [0.1, 0.15) is 5.75 Å². The average Bonchev–Trinajstić information content (AvgIpc) is 2.59. The molecule has 0 atom stereocenters. The smallest absolute Gasteiger partial charge is 0.271 e. The van der Waals surface area contributed by atoms with E-state index in [1.165, 1.54) is 59.3 Å². The van der Waals surface area contributed by atoms with Crippen LogP contribution >= 0.6 is 11.8 Å². The molecule has 0 aromatic heterocycles. The third kappa shape index (κ3) is 4.35. The van der Waals surface area contributed by atoms with Crippen LogP contribution in [0.4, 0.5) is 11.4 Å². The third-order valence-corrected chi connectivity index (χ3v) is 5.62. The maximum absolute atomic E-state index is 12.4. The summed E-state index contributed by atoms with van der Waals surface area (Å²) < 4.78 is 5.17. The number of methoxy groups -OCH3 is 1. The molecular weight excluding hydrogens is 352 g/mol. The van der Waals surface area contributed by atoms with Crippen LogP contribution in [0.3, 0.4) is 0 Å². The second kappa shape index (κ2) is 8.23. The van der Waals surface area contributed by atoms with Crippen molar-refractivity contribution in [1.29, 1.82) is 0 Å². The molecule has 0 aliphatic heterocycles. The van der Waals surface area contributed by atoms with E-state index in [0.717, 1.165) is 4.90 Å². The van der Waals surface area contributed by atoms with Gasteiger partial charge in [-0.2, -0.15) is 0 Å². The second-order valence-electron chi connectivity index (χ2n) is 6.07. The van der Waals surface area contributed by atoms with Crippen LogP contribution in [-0.4, -0.2) is 23.7 Å². The quantitative estimate of drug-likeness (QED) is 0.455. The Labute approximate surface area is 157 Å². The molecule has 2 aromatic rings. The number of aryl methyl sites for hydroxylation is 2. The molecule has 1 N–H and O–H groups in total. The molecule has 2 aromatic carbocycles. The minimum Gasteiger partial charge on any atom is -0.495 e. The highest BCUT2D eigenvalue weighted by molar-refractivity contribution is 8.00. The molecular formula is C19H22N2O4S. The van der Waals surface area contributed by atoms with Gasteiger partial charge in [-0.25, -0.2) is 0 Å². The molecule has 0 saturated heterocycles. The van der Waals surface area contributed by atoms with Crippen LogP contribution in [0.25, 0.3) is 0 Å². The van der Waals surface area contributed by atoms with E-state index in [2.05, 4.69) is 25.2 Å². The normalized spacial score (nSPS) is 10.5. The van der Waals surface area contributed by atoms with Gasteiger partial charge in [-0.1, -0.05) is 6.07 Å². The molecule has 138 valence electrons. The van der Waals surface area contributed by atoms with E-state index >= 15 is 0 Å². The van der Waals surface area contributed by atoms with Gasteiger partial charge in [0, 0.05) is 17.0 Å². The van der Waals surface area contributed by atoms with E-state index in [-0.39, 0.29) is 17.3 Å². The number of hydrogen-bond acceptors (Lipinski definition) is 5. The van der Waals surface area contributed by atoms with Crippen LogP contribution in [0.5, 0.6) is 5.75 Å². The predicted octanol–water partition coefficient (Wildman–Crippen LogP) is 4.57. The lowest BCUT2D eigenvalue weighted by Gasteiger charge is -2.15. The number of benzene rings is 2. The first kappa shape index (κ1) is 19.8. The van der Waals surface area contributed by atoms with Crippen LogP contribution in [0, 0.1) is 37.8 Å². The monoisotopic (exact) mass is 374 g/mol. The second-order valence-corrected chi connectivity index (χ2v) is 7.05. The van der Waals surface area contributed by atoms with Gasteiger partial charge in [0.25, 0.3) is 5.69 Å². The van der Waals surface area contributed by atoms with Gasteiger partial charge in [-0.15, -0.1) is 11.8 Å². The first-order valence-electron chi connectivity index (χ1n) is 8.07. The van der Waals surface area contributed by atoms with Crippen LogP contribution in [-0.2, 0) is 4.79 Å². The maximum atomic E-state index is 12.4. The van der Waals surface area contributed by atoms with Gasteiger partial charge in [0.2, 0.25) is 5.91 Å². The summed E-state index contributed by atoms with van der Waals surface area (Å²) in [4.78, 5) is 23.9. The minimum absolute atomic E-state index is 0.102. The number of nitrogens with zero attached hydrogens (tertiary/aromatic N) is 1. The molecule has 0 heterocycles. The summed E-state index contributed by atoms with van der Waals surface area (Å²) >= 11 is 1.47. The summed E-state index contributed by atoms with van der Waals surface area (Å²) in [6, 6.07) is 6.25. The average molecular weight is 374 g/mol.